The first-order chi connectivity index (χ1) is 10.7. The van der Waals surface area contributed by atoms with Crippen molar-refractivity contribution < 1.29 is 9.18 Å². The third kappa shape index (κ3) is 7.62. The van der Waals surface area contributed by atoms with Crippen LogP contribution in [0.1, 0.15) is 31.2 Å². The molecular formula is C16H24FIN4O. The molecule has 128 valence electrons. The minimum Gasteiger partial charge on any atom is -0.356 e. The van der Waals surface area contributed by atoms with Crippen molar-refractivity contribution in [2.75, 3.05) is 13.6 Å². The molecule has 0 radical (unpaired) electrons. The summed E-state index contributed by atoms with van der Waals surface area (Å²) in [6.45, 7) is 1.02. The quantitative estimate of drug-likeness (QED) is 0.267. The Kier molecular flexibility index (Phi) is 8.90. The molecule has 0 heterocycles. The molecule has 1 aromatic rings. The molecule has 2 rings (SSSR count). The number of carbonyl (C=O) groups excluding carboxylic acids is 1. The first kappa shape index (κ1) is 19.7. The topological polar surface area (TPSA) is 65.5 Å². The summed E-state index contributed by atoms with van der Waals surface area (Å²) in [5.74, 6) is 0.478. The first-order valence-electron chi connectivity index (χ1n) is 7.66. The van der Waals surface area contributed by atoms with E-state index in [4.69, 9.17) is 0 Å². The van der Waals surface area contributed by atoms with Crippen LogP contribution in [0.25, 0.3) is 0 Å². The zero-order valence-electron chi connectivity index (χ0n) is 13.3. The fourth-order valence-electron chi connectivity index (χ4n) is 2.02. The molecule has 0 spiro atoms. The minimum atomic E-state index is -0.234. The van der Waals surface area contributed by atoms with Gasteiger partial charge in [-0.25, -0.2) is 4.39 Å². The van der Waals surface area contributed by atoms with Crippen LogP contribution >= 0.6 is 24.0 Å². The lowest BCUT2D eigenvalue weighted by atomic mass is 10.2. The molecule has 1 saturated carbocycles. The van der Waals surface area contributed by atoms with Gasteiger partial charge in [0.1, 0.15) is 5.82 Å². The lowest BCUT2D eigenvalue weighted by Crippen LogP contribution is -2.37. The van der Waals surface area contributed by atoms with E-state index >= 15 is 0 Å². The van der Waals surface area contributed by atoms with Crippen molar-refractivity contribution >= 4 is 35.8 Å². The van der Waals surface area contributed by atoms with Crippen molar-refractivity contribution in [3.05, 3.63) is 35.6 Å². The van der Waals surface area contributed by atoms with E-state index in [1.54, 1.807) is 25.2 Å². The van der Waals surface area contributed by atoms with Crippen LogP contribution in [0.3, 0.4) is 0 Å². The molecule has 1 aromatic carbocycles. The fourth-order valence-corrected chi connectivity index (χ4v) is 2.02. The summed E-state index contributed by atoms with van der Waals surface area (Å²) in [5.41, 5.74) is 0.592. The summed E-state index contributed by atoms with van der Waals surface area (Å²) in [5, 5.41) is 9.13. The van der Waals surface area contributed by atoms with E-state index in [1.165, 1.54) is 6.07 Å². The Balaban J connectivity index is 0.00000264. The third-order valence-corrected chi connectivity index (χ3v) is 3.44. The Hall–Kier alpha value is -1.38. The SMILES string of the molecule is CN=C(NCCCC(=O)NC1CC1)NCc1ccccc1F.I. The first-order valence-corrected chi connectivity index (χ1v) is 7.66. The predicted molar refractivity (Wildman–Crippen MR) is 100 cm³/mol. The van der Waals surface area contributed by atoms with Gasteiger partial charge in [0.2, 0.25) is 5.91 Å². The Bertz CT molecular complexity index is 535. The van der Waals surface area contributed by atoms with Crippen LogP contribution in [0.15, 0.2) is 29.3 Å². The van der Waals surface area contributed by atoms with Crippen LogP contribution in [-0.4, -0.2) is 31.5 Å². The molecule has 0 bridgehead atoms. The van der Waals surface area contributed by atoms with E-state index < -0.39 is 0 Å². The highest BCUT2D eigenvalue weighted by Crippen LogP contribution is 2.18. The van der Waals surface area contributed by atoms with Crippen LogP contribution in [0, 0.1) is 5.82 Å². The van der Waals surface area contributed by atoms with Crippen molar-refractivity contribution in [1.82, 2.24) is 16.0 Å². The minimum absolute atomic E-state index is 0. The van der Waals surface area contributed by atoms with Gasteiger partial charge in [0.25, 0.3) is 0 Å². The third-order valence-electron chi connectivity index (χ3n) is 3.44. The number of carbonyl (C=O) groups is 1. The molecular weight excluding hydrogens is 410 g/mol. The van der Waals surface area contributed by atoms with Crippen LogP contribution in [0.4, 0.5) is 4.39 Å². The molecule has 0 aliphatic heterocycles. The summed E-state index contributed by atoms with van der Waals surface area (Å²) in [7, 11) is 1.66. The number of guanidine groups is 1. The smallest absolute Gasteiger partial charge is 0.220 e. The molecule has 1 aliphatic carbocycles. The van der Waals surface area contributed by atoms with Crippen molar-refractivity contribution in [3.8, 4) is 0 Å². The van der Waals surface area contributed by atoms with E-state index in [0.717, 1.165) is 19.3 Å². The Labute approximate surface area is 153 Å². The molecule has 0 saturated heterocycles. The van der Waals surface area contributed by atoms with Gasteiger partial charge >= 0.3 is 0 Å². The van der Waals surface area contributed by atoms with Gasteiger partial charge in [-0.2, -0.15) is 0 Å². The van der Waals surface area contributed by atoms with Gasteiger partial charge in [0.05, 0.1) is 0 Å². The summed E-state index contributed by atoms with van der Waals surface area (Å²) in [6, 6.07) is 7.05. The van der Waals surface area contributed by atoms with Gasteiger partial charge in [0.15, 0.2) is 5.96 Å². The zero-order valence-corrected chi connectivity index (χ0v) is 15.6. The molecule has 0 unspecified atom stereocenters. The van der Waals surface area contributed by atoms with Gasteiger partial charge in [-0.15, -0.1) is 24.0 Å². The highest BCUT2D eigenvalue weighted by Gasteiger charge is 2.22. The summed E-state index contributed by atoms with van der Waals surface area (Å²) < 4.78 is 13.5. The Morgan fingerprint density at radius 3 is 2.70 bits per heavy atom. The van der Waals surface area contributed by atoms with Crippen molar-refractivity contribution in [2.45, 2.75) is 38.3 Å². The largest absolute Gasteiger partial charge is 0.356 e. The molecule has 23 heavy (non-hydrogen) atoms. The normalized spacial score (nSPS) is 13.9. The maximum Gasteiger partial charge on any atom is 0.220 e. The van der Waals surface area contributed by atoms with Crippen LogP contribution in [0.5, 0.6) is 0 Å². The van der Waals surface area contributed by atoms with Gasteiger partial charge in [0, 0.05) is 38.2 Å². The van der Waals surface area contributed by atoms with Gasteiger partial charge in [-0.3, -0.25) is 9.79 Å². The van der Waals surface area contributed by atoms with Gasteiger partial charge < -0.3 is 16.0 Å². The summed E-state index contributed by atoms with van der Waals surface area (Å²) >= 11 is 0. The maximum atomic E-state index is 13.5. The second-order valence-corrected chi connectivity index (χ2v) is 5.39. The van der Waals surface area contributed by atoms with E-state index in [9.17, 15) is 9.18 Å². The molecule has 3 N–H and O–H groups in total. The number of rotatable bonds is 7. The average Bonchev–Trinajstić information content (AvgIpc) is 3.32. The number of nitrogens with zero attached hydrogens (tertiary/aromatic N) is 1. The lowest BCUT2D eigenvalue weighted by Gasteiger charge is -2.12. The monoisotopic (exact) mass is 434 g/mol. The number of nitrogens with one attached hydrogen (secondary N) is 3. The molecule has 5 nitrogen and oxygen atoms in total. The number of amides is 1. The van der Waals surface area contributed by atoms with Crippen molar-refractivity contribution in [1.29, 1.82) is 0 Å². The molecule has 1 fully saturated rings. The van der Waals surface area contributed by atoms with Crippen LogP contribution in [0.2, 0.25) is 0 Å². The predicted octanol–water partition coefficient (Wildman–Crippen LogP) is 2.17. The van der Waals surface area contributed by atoms with Gasteiger partial charge in [-0.1, -0.05) is 18.2 Å². The molecule has 7 heteroatoms. The number of hydrogen-bond acceptors (Lipinski definition) is 2. The van der Waals surface area contributed by atoms with E-state index in [1.807, 2.05) is 0 Å². The van der Waals surface area contributed by atoms with Crippen LogP contribution < -0.4 is 16.0 Å². The molecule has 0 atom stereocenters. The average molecular weight is 434 g/mol. The van der Waals surface area contributed by atoms with E-state index in [-0.39, 0.29) is 35.7 Å². The number of aliphatic imine (C=N–C) groups is 1. The van der Waals surface area contributed by atoms with Crippen molar-refractivity contribution in [2.24, 2.45) is 4.99 Å². The highest BCUT2D eigenvalue weighted by atomic mass is 127. The second-order valence-electron chi connectivity index (χ2n) is 5.39. The van der Waals surface area contributed by atoms with E-state index in [0.29, 0.717) is 37.1 Å². The van der Waals surface area contributed by atoms with Gasteiger partial charge in [-0.05, 0) is 25.3 Å². The number of hydrogen-bond donors (Lipinski definition) is 3. The Morgan fingerprint density at radius 2 is 2.04 bits per heavy atom. The zero-order chi connectivity index (χ0) is 15.8. The van der Waals surface area contributed by atoms with Crippen molar-refractivity contribution in [3.63, 3.8) is 0 Å². The molecule has 1 aliphatic rings. The summed E-state index contributed by atoms with van der Waals surface area (Å²) in [4.78, 5) is 15.6. The standard InChI is InChI=1S/C16H23FN4O.HI/c1-18-16(20-11-12-5-2-3-6-14(12)17)19-10-4-7-15(22)21-13-8-9-13;/h2-3,5-6,13H,4,7-11H2,1H3,(H,21,22)(H2,18,19,20);1H. The molecule has 1 amide bonds. The number of benzene rings is 1. The summed E-state index contributed by atoms with van der Waals surface area (Å²) in [6.07, 6.45) is 3.46. The Morgan fingerprint density at radius 1 is 1.30 bits per heavy atom. The highest BCUT2D eigenvalue weighted by molar-refractivity contribution is 14.0. The number of halogens is 2. The lowest BCUT2D eigenvalue weighted by molar-refractivity contribution is -0.121. The molecule has 0 aromatic heterocycles. The van der Waals surface area contributed by atoms with Crippen LogP contribution in [-0.2, 0) is 11.3 Å². The van der Waals surface area contributed by atoms with E-state index in [2.05, 4.69) is 20.9 Å². The second kappa shape index (κ2) is 10.4. The maximum absolute atomic E-state index is 13.5. The fraction of sp³-hybridized carbons (Fsp3) is 0.500.